The molecule has 2 rings (SSSR count). The second kappa shape index (κ2) is 8.46. The van der Waals surface area contributed by atoms with Gasteiger partial charge in [0.05, 0.1) is 0 Å². The Labute approximate surface area is 111 Å². The molecule has 96 valence electrons. The van der Waals surface area contributed by atoms with Crippen LogP contribution < -0.4 is 0 Å². The fraction of sp³-hybridized carbons (Fsp3) is 0.353. The molecule has 0 saturated heterocycles. The molecule has 0 amide bonds. The Balaban J connectivity index is 0.000000280. The zero-order valence-electron chi connectivity index (χ0n) is 11.7. The quantitative estimate of drug-likeness (QED) is 0.715. The molecule has 0 aliphatic carbocycles. The maximum atomic E-state index is 3.99. The minimum Gasteiger partial charge on any atom is -0.265 e. The average Bonchev–Trinajstić information content (AvgIpc) is 2.41. The number of benzene rings is 1. The molecule has 0 unspecified atom stereocenters. The maximum Gasteiger partial charge on any atom is 0.0273 e. The maximum absolute atomic E-state index is 3.99. The van der Waals surface area contributed by atoms with Gasteiger partial charge in [-0.3, -0.25) is 4.98 Å². The molecular formula is C17H23N. The molecule has 1 nitrogen and oxygen atoms in total. The van der Waals surface area contributed by atoms with Crippen LogP contribution in [0.4, 0.5) is 0 Å². The summed E-state index contributed by atoms with van der Waals surface area (Å²) >= 11 is 0. The highest BCUT2D eigenvalue weighted by Crippen LogP contribution is 2.18. The molecule has 1 aromatic carbocycles. The van der Waals surface area contributed by atoms with Crippen LogP contribution in [0, 0.1) is 6.92 Å². The molecule has 1 heterocycles. The molecular weight excluding hydrogens is 218 g/mol. The van der Waals surface area contributed by atoms with Gasteiger partial charge < -0.3 is 0 Å². The molecule has 2 aromatic rings. The average molecular weight is 241 g/mol. The van der Waals surface area contributed by atoms with Crippen molar-refractivity contribution in [1.82, 2.24) is 4.98 Å². The predicted octanol–water partition coefficient (Wildman–Crippen LogP) is 5.25. The van der Waals surface area contributed by atoms with Crippen LogP contribution in [0.2, 0.25) is 0 Å². The number of pyridine rings is 1. The Hall–Kier alpha value is -1.63. The molecule has 0 radical (unpaired) electrons. The SMILES string of the molecule is CCCCC.Cc1cccc(-c2ccncc2)c1. The Morgan fingerprint density at radius 1 is 0.889 bits per heavy atom. The van der Waals surface area contributed by atoms with Crippen molar-refractivity contribution in [2.75, 3.05) is 0 Å². The minimum absolute atomic E-state index is 1.22. The summed E-state index contributed by atoms with van der Waals surface area (Å²) in [6.45, 7) is 6.53. The molecule has 0 spiro atoms. The van der Waals surface area contributed by atoms with Crippen LogP contribution in [0.5, 0.6) is 0 Å². The van der Waals surface area contributed by atoms with E-state index < -0.39 is 0 Å². The van der Waals surface area contributed by atoms with Crippen LogP contribution in [-0.2, 0) is 0 Å². The molecule has 18 heavy (non-hydrogen) atoms. The fourth-order valence-corrected chi connectivity index (χ4v) is 1.72. The number of nitrogens with zero attached hydrogens (tertiary/aromatic N) is 1. The zero-order chi connectivity index (χ0) is 13.2. The van der Waals surface area contributed by atoms with Crippen LogP contribution in [0.15, 0.2) is 48.8 Å². The van der Waals surface area contributed by atoms with Crippen molar-refractivity contribution in [3.8, 4) is 11.1 Å². The summed E-state index contributed by atoms with van der Waals surface area (Å²) in [5.41, 5.74) is 3.76. The molecule has 0 aliphatic rings. The van der Waals surface area contributed by atoms with Crippen molar-refractivity contribution < 1.29 is 0 Å². The second-order valence-electron chi connectivity index (χ2n) is 4.46. The first-order valence-corrected chi connectivity index (χ1v) is 6.75. The van der Waals surface area contributed by atoms with E-state index in [9.17, 15) is 0 Å². The zero-order valence-corrected chi connectivity index (χ0v) is 11.7. The lowest BCUT2D eigenvalue weighted by Crippen LogP contribution is -1.79. The summed E-state index contributed by atoms with van der Waals surface area (Å²) < 4.78 is 0. The van der Waals surface area contributed by atoms with Gasteiger partial charge in [0.25, 0.3) is 0 Å². The topological polar surface area (TPSA) is 12.9 Å². The van der Waals surface area contributed by atoms with Gasteiger partial charge in [-0.25, -0.2) is 0 Å². The van der Waals surface area contributed by atoms with Crippen LogP contribution in [0.1, 0.15) is 38.7 Å². The van der Waals surface area contributed by atoms with Crippen molar-refractivity contribution in [1.29, 1.82) is 0 Å². The molecule has 0 atom stereocenters. The van der Waals surface area contributed by atoms with E-state index in [0.29, 0.717) is 0 Å². The van der Waals surface area contributed by atoms with Gasteiger partial charge in [0.1, 0.15) is 0 Å². The minimum atomic E-state index is 1.22. The van der Waals surface area contributed by atoms with E-state index in [0.717, 1.165) is 0 Å². The third kappa shape index (κ3) is 5.13. The first kappa shape index (κ1) is 14.4. The lowest BCUT2D eigenvalue weighted by atomic mass is 10.1. The number of hydrogen-bond acceptors (Lipinski definition) is 1. The number of rotatable bonds is 3. The Kier molecular flexibility index (Phi) is 6.78. The van der Waals surface area contributed by atoms with E-state index >= 15 is 0 Å². The van der Waals surface area contributed by atoms with Crippen molar-refractivity contribution >= 4 is 0 Å². The van der Waals surface area contributed by atoms with Gasteiger partial charge in [0.2, 0.25) is 0 Å². The highest BCUT2D eigenvalue weighted by molar-refractivity contribution is 5.63. The van der Waals surface area contributed by atoms with Crippen molar-refractivity contribution in [3.63, 3.8) is 0 Å². The number of hydrogen-bond donors (Lipinski definition) is 0. The van der Waals surface area contributed by atoms with Gasteiger partial charge in [-0.2, -0.15) is 0 Å². The highest BCUT2D eigenvalue weighted by atomic mass is 14.6. The normalized spacial score (nSPS) is 9.50. The van der Waals surface area contributed by atoms with E-state index in [1.807, 2.05) is 24.5 Å². The summed E-state index contributed by atoms with van der Waals surface area (Å²) in [5.74, 6) is 0. The van der Waals surface area contributed by atoms with Crippen LogP contribution in [0.3, 0.4) is 0 Å². The molecule has 1 heteroatoms. The van der Waals surface area contributed by atoms with E-state index in [-0.39, 0.29) is 0 Å². The molecule has 0 N–H and O–H groups in total. The van der Waals surface area contributed by atoms with Crippen LogP contribution in [0.25, 0.3) is 11.1 Å². The largest absolute Gasteiger partial charge is 0.265 e. The third-order valence-corrected chi connectivity index (χ3v) is 2.74. The first-order chi connectivity index (χ1) is 8.77. The van der Waals surface area contributed by atoms with Crippen molar-refractivity contribution in [2.45, 2.75) is 40.0 Å². The summed E-state index contributed by atoms with van der Waals surface area (Å²) in [6.07, 6.45) is 7.71. The Morgan fingerprint density at radius 2 is 1.56 bits per heavy atom. The highest BCUT2D eigenvalue weighted by Gasteiger charge is 1.95. The van der Waals surface area contributed by atoms with Crippen molar-refractivity contribution in [2.24, 2.45) is 0 Å². The Morgan fingerprint density at radius 3 is 2.06 bits per heavy atom. The number of unbranched alkanes of at least 4 members (excludes halogenated alkanes) is 2. The Bertz CT molecular complexity index is 432. The monoisotopic (exact) mass is 241 g/mol. The second-order valence-corrected chi connectivity index (χ2v) is 4.46. The van der Waals surface area contributed by atoms with Gasteiger partial charge in [0, 0.05) is 12.4 Å². The summed E-state index contributed by atoms with van der Waals surface area (Å²) in [4.78, 5) is 3.99. The summed E-state index contributed by atoms with van der Waals surface area (Å²) in [6, 6.07) is 12.5. The third-order valence-electron chi connectivity index (χ3n) is 2.74. The smallest absolute Gasteiger partial charge is 0.0273 e. The van der Waals surface area contributed by atoms with Crippen LogP contribution >= 0.6 is 0 Å². The van der Waals surface area contributed by atoms with Crippen LogP contribution in [-0.4, -0.2) is 4.98 Å². The summed E-state index contributed by atoms with van der Waals surface area (Å²) in [5, 5.41) is 0. The van der Waals surface area contributed by atoms with Gasteiger partial charge in [-0.05, 0) is 30.2 Å². The number of aryl methyl sites for hydroxylation is 1. The molecule has 1 aromatic heterocycles. The summed E-state index contributed by atoms with van der Waals surface area (Å²) in [7, 11) is 0. The molecule has 0 bridgehead atoms. The van der Waals surface area contributed by atoms with Gasteiger partial charge >= 0.3 is 0 Å². The number of aromatic nitrogens is 1. The standard InChI is InChI=1S/C12H11N.C5H12/c1-10-3-2-4-12(9-10)11-5-7-13-8-6-11;1-3-5-4-2/h2-9H,1H3;3-5H2,1-2H3. The van der Waals surface area contributed by atoms with E-state index in [2.05, 4.69) is 50.0 Å². The van der Waals surface area contributed by atoms with Gasteiger partial charge in [-0.1, -0.05) is 62.9 Å². The van der Waals surface area contributed by atoms with E-state index in [1.54, 1.807) is 0 Å². The van der Waals surface area contributed by atoms with Gasteiger partial charge in [-0.15, -0.1) is 0 Å². The van der Waals surface area contributed by atoms with Crippen molar-refractivity contribution in [3.05, 3.63) is 54.4 Å². The molecule has 0 aliphatic heterocycles. The lowest BCUT2D eigenvalue weighted by Gasteiger charge is -2.01. The predicted molar refractivity (Wildman–Crippen MR) is 79.6 cm³/mol. The molecule has 0 saturated carbocycles. The molecule has 0 fully saturated rings. The van der Waals surface area contributed by atoms with E-state index in [4.69, 9.17) is 0 Å². The van der Waals surface area contributed by atoms with Gasteiger partial charge in [0.15, 0.2) is 0 Å². The van der Waals surface area contributed by atoms with E-state index in [1.165, 1.54) is 36.0 Å². The lowest BCUT2D eigenvalue weighted by molar-refractivity contribution is 0.772. The fourth-order valence-electron chi connectivity index (χ4n) is 1.72. The first-order valence-electron chi connectivity index (χ1n) is 6.75.